The van der Waals surface area contributed by atoms with Gasteiger partial charge < -0.3 is 10.6 Å². The first kappa shape index (κ1) is 14.4. The van der Waals surface area contributed by atoms with E-state index in [9.17, 15) is 9.59 Å². The number of fused-ring (bicyclic) bond motifs is 2. The van der Waals surface area contributed by atoms with Crippen molar-refractivity contribution in [2.24, 2.45) is 5.73 Å². The van der Waals surface area contributed by atoms with Gasteiger partial charge in [-0.3, -0.25) is 14.7 Å². The third kappa shape index (κ3) is 2.23. The fourth-order valence-corrected chi connectivity index (χ4v) is 3.28. The summed E-state index contributed by atoms with van der Waals surface area (Å²) in [4.78, 5) is 24.6. The maximum absolute atomic E-state index is 11.9. The summed E-state index contributed by atoms with van der Waals surface area (Å²) in [6, 6.07) is 14.2. The van der Waals surface area contributed by atoms with Crippen molar-refractivity contribution in [1.29, 1.82) is 0 Å². The van der Waals surface area contributed by atoms with Gasteiger partial charge in [0.1, 0.15) is 0 Å². The quantitative estimate of drug-likeness (QED) is 0.667. The van der Waals surface area contributed by atoms with Crippen LogP contribution in [0.3, 0.4) is 0 Å². The second-order valence-corrected chi connectivity index (χ2v) is 5.90. The van der Waals surface area contributed by atoms with Crippen molar-refractivity contribution in [2.45, 2.75) is 13.0 Å². The summed E-state index contributed by atoms with van der Waals surface area (Å²) in [7, 11) is 0. The molecule has 0 bridgehead atoms. The number of amides is 2. The van der Waals surface area contributed by atoms with E-state index in [4.69, 9.17) is 5.73 Å². The van der Waals surface area contributed by atoms with Crippen molar-refractivity contribution in [3.8, 4) is 11.3 Å². The Bertz CT molecular complexity index is 955. The maximum atomic E-state index is 11.9. The highest BCUT2D eigenvalue weighted by atomic mass is 16.2. The topological polar surface area (TPSA) is 92.1 Å². The van der Waals surface area contributed by atoms with Gasteiger partial charge in [-0.2, -0.15) is 5.10 Å². The normalized spacial score (nSPS) is 13.8. The van der Waals surface area contributed by atoms with Crippen LogP contribution < -0.4 is 5.73 Å². The third-order valence-corrected chi connectivity index (χ3v) is 4.48. The number of carbonyl (C=O) groups is 2. The molecule has 1 aromatic heterocycles. The molecule has 0 aliphatic carbocycles. The molecule has 24 heavy (non-hydrogen) atoms. The van der Waals surface area contributed by atoms with Crippen molar-refractivity contribution in [3.63, 3.8) is 0 Å². The zero-order chi connectivity index (χ0) is 16.7. The van der Waals surface area contributed by atoms with Crippen LogP contribution in [-0.4, -0.2) is 33.5 Å². The van der Waals surface area contributed by atoms with Gasteiger partial charge in [0.25, 0.3) is 0 Å². The molecule has 0 radical (unpaired) electrons. The van der Waals surface area contributed by atoms with E-state index in [0.29, 0.717) is 19.5 Å². The number of aromatic nitrogens is 2. The lowest BCUT2D eigenvalue weighted by atomic mass is 9.97. The molecule has 0 atom stereocenters. The lowest BCUT2D eigenvalue weighted by Crippen LogP contribution is -2.42. The minimum absolute atomic E-state index is 0.339. The van der Waals surface area contributed by atoms with Gasteiger partial charge in [0.15, 0.2) is 0 Å². The summed E-state index contributed by atoms with van der Waals surface area (Å²) in [6.07, 6.45) is 0.631. The van der Waals surface area contributed by atoms with Gasteiger partial charge in [0.2, 0.25) is 0 Å². The zero-order valence-corrected chi connectivity index (χ0v) is 13.0. The predicted octanol–water partition coefficient (Wildman–Crippen LogP) is 1.60. The highest BCUT2D eigenvalue weighted by Gasteiger charge is 2.28. The second kappa shape index (κ2) is 5.49. The Morgan fingerprint density at radius 2 is 1.92 bits per heavy atom. The number of hydrogen-bond acceptors (Lipinski definition) is 3. The van der Waals surface area contributed by atoms with Gasteiger partial charge in [0, 0.05) is 29.8 Å². The Hall–Kier alpha value is -3.15. The van der Waals surface area contributed by atoms with Gasteiger partial charge in [0.05, 0.1) is 12.2 Å². The summed E-state index contributed by atoms with van der Waals surface area (Å²) in [5.41, 5.74) is 8.93. The van der Waals surface area contributed by atoms with Crippen molar-refractivity contribution in [3.05, 3.63) is 53.7 Å². The van der Waals surface area contributed by atoms with Gasteiger partial charge in [-0.05, 0) is 10.8 Å². The molecular weight excluding hydrogens is 304 g/mol. The van der Waals surface area contributed by atoms with Crippen LogP contribution in [0.2, 0.25) is 0 Å². The average molecular weight is 320 g/mol. The second-order valence-electron chi connectivity index (χ2n) is 5.90. The summed E-state index contributed by atoms with van der Waals surface area (Å²) in [5, 5.41) is 9.79. The monoisotopic (exact) mass is 320 g/mol. The number of aromatic amines is 1. The predicted molar refractivity (Wildman–Crippen MR) is 89.8 cm³/mol. The Morgan fingerprint density at radius 1 is 1.12 bits per heavy atom. The lowest BCUT2D eigenvalue weighted by Gasteiger charge is -2.26. The summed E-state index contributed by atoms with van der Waals surface area (Å²) in [5.74, 6) is -1.57. The largest absolute Gasteiger partial charge is 0.361 e. The van der Waals surface area contributed by atoms with E-state index in [0.717, 1.165) is 33.3 Å². The fourth-order valence-electron chi connectivity index (χ4n) is 3.28. The minimum atomic E-state index is -0.923. The summed E-state index contributed by atoms with van der Waals surface area (Å²) in [6.45, 7) is 0.804. The number of H-pyrrole nitrogens is 1. The number of hydrogen-bond donors (Lipinski definition) is 2. The van der Waals surface area contributed by atoms with Crippen LogP contribution in [0.1, 0.15) is 11.3 Å². The van der Waals surface area contributed by atoms with E-state index in [-0.39, 0.29) is 0 Å². The maximum Gasteiger partial charge on any atom is 0.311 e. The molecule has 0 fully saturated rings. The molecule has 0 unspecified atom stereocenters. The minimum Gasteiger partial charge on any atom is -0.361 e. The molecule has 4 rings (SSSR count). The Kier molecular flexibility index (Phi) is 3.30. The van der Waals surface area contributed by atoms with Gasteiger partial charge in [-0.15, -0.1) is 0 Å². The van der Waals surface area contributed by atoms with Gasteiger partial charge in [-0.1, -0.05) is 42.5 Å². The van der Waals surface area contributed by atoms with E-state index in [1.165, 1.54) is 4.90 Å². The molecule has 6 heteroatoms. The van der Waals surface area contributed by atoms with E-state index >= 15 is 0 Å². The molecule has 2 heterocycles. The van der Waals surface area contributed by atoms with Crippen LogP contribution >= 0.6 is 0 Å². The van der Waals surface area contributed by atoms with E-state index in [1.807, 2.05) is 24.3 Å². The highest BCUT2D eigenvalue weighted by Crippen LogP contribution is 2.33. The number of nitrogens with one attached hydrogen (secondary N) is 1. The van der Waals surface area contributed by atoms with E-state index < -0.39 is 11.8 Å². The standard InChI is InChI=1S/C18H16N4O2/c19-17(23)18(24)22-9-8-15-14(10-22)16(21-20-15)13-7-3-5-11-4-1-2-6-12(11)13/h1-7H,8-10H2,(H2,19,23)(H,20,21). The third-order valence-electron chi connectivity index (χ3n) is 4.48. The van der Waals surface area contributed by atoms with Crippen LogP contribution in [0, 0.1) is 0 Å². The SMILES string of the molecule is NC(=O)C(=O)N1CCc2[nH]nc(-c3cccc4ccccc34)c2C1. The van der Waals surface area contributed by atoms with Gasteiger partial charge >= 0.3 is 11.8 Å². The molecule has 0 saturated carbocycles. The highest BCUT2D eigenvalue weighted by molar-refractivity contribution is 6.34. The van der Waals surface area contributed by atoms with Crippen LogP contribution in [-0.2, 0) is 22.6 Å². The van der Waals surface area contributed by atoms with Crippen LogP contribution in [0.15, 0.2) is 42.5 Å². The van der Waals surface area contributed by atoms with Crippen molar-refractivity contribution < 1.29 is 9.59 Å². The molecule has 6 nitrogen and oxygen atoms in total. The molecule has 2 aromatic carbocycles. The first-order valence-corrected chi connectivity index (χ1v) is 7.78. The fraction of sp³-hybridized carbons (Fsp3) is 0.167. The van der Waals surface area contributed by atoms with Crippen molar-refractivity contribution in [2.75, 3.05) is 6.54 Å². The van der Waals surface area contributed by atoms with Crippen molar-refractivity contribution >= 4 is 22.6 Å². The first-order valence-electron chi connectivity index (χ1n) is 7.78. The molecule has 0 spiro atoms. The average Bonchev–Trinajstić information content (AvgIpc) is 3.03. The molecule has 120 valence electrons. The number of benzene rings is 2. The molecule has 0 saturated heterocycles. The number of primary amides is 1. The van der Waals surface area contributed by atoms with Crippen LogP contribution in [0.5, 0.6) is 0 Å². The Balaban J connectivity index is 1.81. The van der Waals surface area contributed by atoms with Crippen LogP contribution in [0.4, 0.5) is 0 Å². The molecule has 3 N–H and O–H groups in total. The smallest absolute Gasteiger partial charge is 0.311 e. The van der Waals surface area contributed by atoms with Gasteiger partial charge in [-0.25, -0.2) is 0 Å². The van der Waals surface area contributed by atoms with E-state index in [2.05, 4.69) is 28.4 Å². The molecular formula is C18H16N4O2. The summed E-state index contributed by atoms with van der Waals surface area (Å²) >= 11 is 0. The molecule has 3 aromatic rings. The summed E-state index contributed by atoms with van der Waals surface area (Å²) < 4.78 is 0. The number of rotatable bonds is 1. The van der Waals surface area contributed by atoms with E-state index in [1.54, 1.807) is 0 Å². The lowest BCUT2D eigenvalue weighted by molar-refractivity contribution is -0.144. The molecule has 1 aliphatic heterocycles. The Morgan fingerprint density at radius 3 is 2.75 bits per heavy atom. The number of nitrogens with zero attached hydrogens (tertiary/aromatic N) is 2. The molecule has 2 amide bonds. The number of nitrogens with two attached hydrogens (primary N) is 1. The number of carbonyl (C=O) groups excluding carboxylic acids is 2. The van der Waals surface area contributed by atoms with Crippen molar-refractivity contribution in [1.82, 2.24) is 15.1 Å². The first-order chi connectivity index (χ1) is 11.6. The molecule has 1 aliphatic rings. The Labute approximate surface area is 138 Å². The van der Waals surface area contributed by atoms with Crippen LogP contribution in [0.25, 0.3) is 22.0 Å². The zero-order valence-electron chi connectivity index (χ0n) is 13.0.